The first-order valence-electron chi connectivity index (χ1n) is 9.13. The molecule has 0 spiro atoms. The van der Waals surface area contributed by atoms with Crippen molar-refractivity contribution >= 4 is 5.96 Å². The summed E-state index contributed by atoms with van der Waals surface area (Å²) in [6, 6.07) is 0. The molecule has 0 amide bonds. The molecule has 0 aliphatic carbocycles. The van der Waals surface area contributed by atoms with Gasteiger partial charge >= 0.3 is 0 Å². The number of likely N-dealkylation sites (tertiary alicyclic amines) is 1. The molecule has 2 rings (SSSR count). The smallest absolute Gasteiger partial charge is 0.188 e. The fourth-order valence-corrected chi connectivity index (χ4v) is 3.57. The molecule has 5 nitrogen and oxygen atoms in total. The quantitative estimate of drug-likeness (QED) is 0.409. The summed E-state index contributed by atoms with van der Waals surface area (Å²) in [5.41, 5.74) is 6.24. The summed E-state index contributed by atoms with van der Waals surface area (Å²) in [4.78, 5) is 7.30. The third-order valence-corrected chi connectivity index (χ3v) is 5.08. The minimum absolute atomic E-state index is 0.184. The fourth-order valence-electron chi connectivity index (χ4n) is 3.57. The highest BCUT2D eigenvalue weighted by molar-refractivity contribution is 5.77. The monoisotopic (exact) mass is 310 g/mol. The van der Waals surface area contributed by atoms with Crippen LogP contribution in [0.4, 0.5) is 0 Å². The van der Waals surface area contributed by atoms with E-state index in [9.17, 15) is 0 Å². The first kappa shape index (κ1) is 17.5. The van der Waals surface area contributed by atoms with Crippen LogP contribution in [0.2, 0.25) is 0 Å². The Morgan fingerprint density at radius 3 is 2.59 bits per heavy atom. The van der Waals surface area contributed by atoms with Crippen molar-refractivity contribution in [2.45, 2.75) is 63.8 Å². The fraction of sp³-hybridized carbons (Fsp3) is 0.941. The van der Waals surface area contributed by atoms with Crippen LogP contribution in [-0.4, -0.2) is 55.8 Å². The standard InChI is InChI=1S/C17H34N4O/c1-2-3-4-5-10-19-16(18)20-15-17(8-13-22-14-9-17)21-11-6-7-12-21/h2-15H2,1H3,(H3,18,19,20). The molecule has 3 N–H and O–H groups in total. The molecular weight excluding hydrogens is 276 g/mol. The molecule has 128 valence electrons. The largest absolute Gasteiger partial charge is 0.381 e. The van der Waals surface area contributed by atoms with Crippen LogP contribution < -0.4 is 11.1 Å². The van der Waals surface area contributed by atoms with E-state index in [1.54, 1.807) is 0 Å². The molecule has 0 aromatic rings. The number of nitrogens with two attached hydrogens (primary N) is 1. The summed E-state index contributed by atoms with van der Waals surface area (Å²) in [6.45, 7) is 8.11. The maximum Gasteiger partial charge on any atom is 0.188 e. The van der Waals surface area contributed by atoms with E-state index in [0.717, 1.165) is 39.1 Å². The first-order valence-corrected chi connectivity index (χ1v) is 9.13. The molecule has 0 atom stereocenters. The maximum absolute atomic E-state index is 6.05. The molecule has 22 heavy (non-hydrogen) atoms. The highest BCUT2D eigenvalue weighted by Crippen LogP contribution is 2.31. The number of aliphatic imine (C=N–C) groups is 1. The molecule has 0 aromatic carbocycles. The Morgan fingerprint density at radius 1 is 1.18 bits per heavy atom. The predicted molar refractivity (Wildman–Crippen MR) is 92.2 cm³/mol. The molecule has 2 aliphatic rings. The van der Waals surface area contributed by atoms with E-state index in [-0.39, 0.29) is 5.54 Å². The third kappa shape index (κ3) is 5.13. The van der Waals surface area contributed by atoms with Crippen molar-refractivity contribution < 1.29 is 4.74 Å². The number of unbranched alkanes of at least 4 members (excludes halogenated alkanes) is 3. The van der Waals surface area contributed by atoms with E-state index < -0.39 is 0 Å². The van der Waals surface area contributed by atoms with Crippen molar-refractivity contribution in [3.8, 4) is 0 Å². The number of nitrogens with one attached hydrogen (secondary N) is 1. The molecule has 2 heterocycles. The average Bonchev–Trinajstić information content (AvgIpc) is 3.09. The van der Waals surface area contributed by atoms with Crippen molar-refractivity contribution in [3.63, 3.8) is 0 Å². The number of rotatable bonds is 8. The summed E-state index contributed by atoms with van der Waals surface area (Å²) >= 11 is 0. The molecule has 2 aliphatic heterocycles. The lowest BCUT2D eigenvalue weighted by Gasteiger charge is -2.43. The molecule has 0 saturated carbocycles. The summed E-state index contributed by atoms with van der Waals surface area (Å²) in [6.07, 6.45) is 9.82. The Morgan fingerprint density at radius 2 is 1.91 bits per heavy atom. The number of ether oxygens (including phenoxy) is 1. The van der Waals surface area contributed by atoms with Crippen molar-refractivity contribution in [1.82, 2.24) is 10.2 Å². The number of nitrogens with zero attached hydrogens (tertiary/aromatic N) is 2. The van der Waals surface area contributed by atoms with Gasteiger partial charge in [-0.2, -0.15) is 0 Å². The zero-order chi connectivity index (χ0) is 15.7. The maximum atomic E-state index is 6.05. The lowest BCUT2D eigenvalue weighted by atomic mass is 9.88. The van der Waals surface area contributed by atoms with Gasteiger partial charge < -0.3 is 15.8 Å². The second-order valence-corrected chi connectivity index (χ2v) is 6.72. The minimum atomic E-state index is 0.184. The summed E-state index contributed by atoms with van der Waals surface area (Å²) in [5, 5.41) is 3.27. The van der Waals surface area contributed by atoms with Gasteiger partial charge in [0.15, 0.2) is 5.96 Å². The molecule has 0 bridgehead atoms. The van der Waals surface area contributed by atoms with Crippen molar-refractivity contribution in [2.24, 2.45) is 10.7 Å². The molecule has 2 saturated heterocycles. The van der Waals surface area contributed by atoms with Gasteiger partial charge in [-0.25, -0.2) is 0 Å². The van der Waals surface area contributed by atoms with E-state index in [0.29, 0.717) is 5.96 Å². The van der Waals surface area contributed by atoms with Gasteiger partial charge in [-0.1, -0.05) is 26.2 Å². The topological polar surface area (TPSA) is 62.9 Å². The molecule has 2 fully saturated rings. The van der Waals surface area contributed by atoms with E-state index >= 15 is 0 Å². The van der Waals surface area contributed by atoms with Crippen molar-refractivity contribution in [3.05, 3.63) is 0 Å². The van der Waals surface area contributed by atoms with Gasteiger partial charge in [-0.15, -0.1) is 0 Å². The Labute approximate surface area is 135 Å². The van der Waals surface area contributed by atoms with Crippen LogP contribution in [0.15, 0.2) is 4.99 Å². The lowest BCUT2D eigenvalue weighted by Crippen LogP contribution is -2.53. The van der Waals surface area contributed by atoms with Crippen LogP contribution >= 0.6 is 0 Å². The van der Waals surface area contributed by atoms with Gasteiger partial charge in [0.2, 0.25) is 0 Å². The lowest BCUT2D eigenvalue weighted by molar-refractivity contribution is -0.0138. The SMILES string of the molecule is CCCCCCNC(N)=NCC1(N2CCCC2)CCOCC1. The number of hydrogen-bond acceptors (Lipinski definition) is 3. The molecule has 0 unspecified atom stereocenters. The van der Waals surface area contributed by atoms with Gasteiger partial charge in [0.05, 0.1) is 6.54 Å². The Hall–Kier alpha value is -0.810. The first-order chi connectivity index (χ1) is 10.8. The van der Waals surface area contributed by atoms with Crippen LogP contribution in [0.25, 0.3) is 0 Å². The zero-order valence-electron chi connectivity index (χ0n) is 14.3. The number of hydrogen-bond donors (Lipinski definition) is 2. The molecule has 0 aromatic heterocycles. The predicted octanol–water partition coefficient (Wildman–Crippen LogP) is 2.12. The van der Waals surface area contributed by atoms with Crippen LogP contribution in [0.1, 0.15) is 58.3 Å². The van der Waals surface area contributed by atoms with Crippen LogP contribution in [-0.2, 0) is 4.74 Å². The van der Waals surface area contributed by atoms with Crippen molar-refractivity contribution in [1.29, 1.82) is 0 Å². The van der Waals surface area contributed by atoms with Gasteiger partial charge in [0.1, 0.15) is 0 Å². The highest BCUT2D eigenvalue weighted by Gasteiger charge is 2.39. The summed E-state index contributed by atoms with van der Waals surface area (Å²) in [5.74, 6) is 0.613. The number of guanidine groups is 1. The van der Waals surface area contributed by atoms with E-state index in [2.05, 4.69) is 22.1 Å². The molecular formula is C17H34N4O. The molecule has 0 radical (unpaired) electrons. The zero-order valence-corrected chi connectivity index (χ0v) is 14.3. The van der Waals surface area contributed by atoms with Gasteiger partial charge in [-0.3, -0.25) is 9.89 Å². The normalized spacial score (nSPS) is 22.9. The molecule has 5 heteroatoms. The van der Waals surface area contributed by atoms with Crippen LogP contribution in [0.3, 0.4) is 0 Å². The Kier molecular flexibility index (Phi) is 7.46. The second kappa shape index (κ2) is 9.36. The van der Waals surface area contributed by atoms with E-state index in [4.69, 9.17) is 10.5 Å². The Bertz CT molecular complexity index is 334. The van der Waals surface area contributed by atoms with Gasteiger partial charge in [0, 0.05) is 25.3 Å². The van der Waals surface area contributed by atoms with Crippen LogP contribution in [0, 0.1) is 0 Å². The highest BCUT2D eigenvalue weighted by atomic mass is 16.5. The van der Waals surface area contributed by atoms with Gasteiger partial charge in [0.25, 0.3) is 0 Å². The van der Waals surface area contributed by atoms with E-state index in [1.165, 1.54) is 51.6 Å². The van der Waals surface area contributed by atoms with Gasteiger partial charge in [-0.05, 0) is 45.2 Å². The third-order valence-electron chi connectivity index (χ3n) is 5.08. The van der Waals surface area contributed by atoms with Crippen LogP contribution in [0.5, 0.6) is 0 Å². The average molecular weight is 310 g/mol. The summed E-state index contributed by atoms with van der Waals surface area (Å²) in [7, 11) is 0. The van der Waals surface area contributed by atoms with E-state index in [1.807, 2.05) is 0 Å². The minimum Gasteiger partial charge on any atom is -0.381 e. The second-order valence-electron chi connectivity index (χ2n) is 6.72. The summed E-state index contributed by atoms with van der Waals surface area (Å²) < 4.78 is 5.57. The Balaban J connectivity index is 1.80. The van der Waals surface area contributed by atoms with Crippen molar-refractivity contribution in [2.75, 3.05) is 39.4 Å².